The highest BCUT2D eigenvalue weighted by molar-refractivity contribution is 5.97. The minimum absolute atomic E-state index is 0.496. The second kappa shape index (κ2) is 12.6. The van der Waals surface area contributed by atoms with E-state index in [1.165, 1.54) is 44.5 Å². The molecular weight excluding hydrogens is 709 g/mol. The number of nitrogens with zero attached hydrogens (tertiary/aromatic N) is 4. The first-order valence-electron chi connectivity index (χ1n) is 19.6. The predicted octanol–water partition coefficient (Wildman–Crippen LogP) is 12.7. The zero-order chi connectivity index (χ0) is 38.2. The van der Waals surface area contributed by atoms with Crippen LogP contribution in [0.4, 0.5) is 0 Å². The summed E-state index contributed by atoms with van der Waals surface area (Å²) in [4.78, 5) is 10.5. The minimum Gasteiger partial charge on any atom is -0.416 e. The van der Waals surface area contributed by atoms with Crippen molar-refractivity contribution < 1.29 is 4.42 Å². The van der Waals surface area contributed by atoms with Crippen LogP contribution in [0.3, 0.4) is 0 Å². The van der Waals surface area contributed by atoms with Crippen LogP contribution >= 0.6 is 0 Å². The van der Waals surface area contributed by atoms with Crippen LogP contribution < -0.4 is 0 Å². The molecule has 58 heavy (non-hydrogen) atoms. The van der Waals surface area contributed by atoms with Gasteiger partial charge >= 0.3 is 0 Å². The monoisotopic (exact) mass is 740 g/mol. The summed E-state index contributed by atoms with van der Waals surface area (Å²) in [5.41, 5.74) is 19.2. The molecule has 0 saturated heterocycles. The van der Waals surface area contributed by atoms with Gasteiger partial charge in [0.1, 0.15) is 0 Å². The second-order valence-corrected chi connectivity index (χ2v) is 15.0. The van der Waals surface area contributed by atoms with Gasteiger partial charge in [0, 0.05) is 22.3 Å². The molecule has 8 aromatic carbocycles. The lowest BCUT2D eigenvalue weighted by atomic mass is 9.70. The lowest BCUT2D eigenvalue weighted by Gasteiger charge is -2.31. The molecule has 270 valence electrons. The smallest absolute Gasteiger partial charge is 0.248 e. The molecule has 10 aromatic rings. The lowest BCUT2D eigenvalue weighted by Crippen LogP contribution is -2.26. The van der Waals surface area contributed by atoms with Gasteiger partial charge in [-0.05, 0) is 104 Å². The van der Waals surface area contributed by atoms with Crippen molar-refractivity contribution in [1.82, 2.24) is 20.2 Å². The van der Waals surface area contributed by atoms with Crippen molar-refractivity contribution in [3.8, 4) is 78.8 Å². The molecule has 0 unspecified atom stereocenters. The molecule has 0 aliphatic heterocycles. The Balaban J connectivity index is 1.04. The van der Waals surface area contributed by atoms with Gasteiger partial charge in [0.15, 0.2) is 0 Å². The Kier molecular flexibility index (Phi) is 7.07. The van der Waals surface area contributed by atoms with Gasteiger partial charge in [-0.2, -0.15) is 0 Å². The Hall–Kier alpha value is -7.76. The summed E-state index contributed by atoms with van der Waals surface area (Å²) in [5, 5.41) is 8.68. The summed E-state index contributed by atoms with van der Waals surface area (Å²) in [6.45, 7) is 0. The number of fused-ring (bicyclic) bond motifs is 11. The van der Waals surface area contributed by atoms with Gasteiger partial charge in [-0.1, -0.05) is 146 Å². The number of hydrogen-bond donors (Lipinski definition) is 0. The van der Waals surface area contributed by atoms with Crippen molar-refractivity contribution in [2.45, 2.75) is 5.41 Å². The summed E-state index contributed by atoms with van der Waals surface area (Å²) < 4.78 is 6.09. The number of hydrogen-bond acceptors (Lipinski definition) is 5. The van der Waals surface area contributed by atoms with Crippen LogP contribution in [0.2, 0.25) is 0 Å². The molecule has 0 saturated carbocycles. The first-order chi connectivity index (χ1) is 28.7. The van der Waals surface area contributed by atoms with Crippen molar-refractivity contribution in [1.29, 1.82) is 0 Å². The molecule has 2 aliphatic rings. The van der Waals surface area contributed by atoms with Crippen molar-refractivity contribution in [3.63, 3.8) is 0 Å². The molecule has 0 bridgehead atoms. The standard InChI is InChI=1S/C53H32N4O/c1-3-13-34(14-4-1)49-50(55-48-22-12-11-21-47(48)54-49)38-28-30-42-41-29-27-37(33-23-25-36(26-24-33)52-57-56-51(58-52)35-15-5-2-6-16-35)31-45(41)53(46(42)32-38)43-19-9-7-17-39(43)40-18-8-10-20-44(40)53/h1-32H. The van der Waals surface area contributed by atoms with Gasteiger partial charge in [0.25, 0.3) is 0 Å². The lowest BCUT2D eigenvalue weighted by molar-refractivity contribution is 0.584. The van der Waals surface area contributed by atoms with E-state index in [4.69, 9.17) is 14.4 Å². The predicted molar refractivity (Wildman–Crippen MR) is 231 cm³/mol. The first kappa shape index (κ1) is 32.5. The van der Waals surface area contributed by atoms with Gasteiger partial charge in [-0.15, -0.1) is 10.2 Å². The average Bonchev–Trinajstić information content (AvgIpc) is 3.99. The molecule has 0 fully saturated rings. The summed E-state index contributed by atoms with van der Waals surface area (Å²) in [7, 11) is 0. The van der Waals surface area contributed by atoms with E-state index in [1.807, 2.05) is 60.7 Å². The third kappa shape index (κ3) is 4.77. The quantitative estimate of drug-likeness (QED) is 0.176. The van der Waals surface area contributed by atoms with Gasteiger partial charge in [0.2, 0.25) is 11.8 Å². The molecule has 2 aliphatic carbocycles. The van der Waals surface area contributed by atoms with E-state index in [0.29, 0.717) is 11.8 Å². The fraction of sp³-hybridized carbons (Fsp3) is 0.0189. The Morgan fingerprint density at radius 1 is 0.310 bits per heavy atom. The molecular formula is C53H32N4O. The van der Waals surface area contributed by atoms with Crippen molar-refractivity contribution in [2.75, 3.05) is 0 Å². The third-order valence-electron chi connectivity index (χ3n) is 11.9. The third-order valence-corrected chi connectivity index (χ3v) is 11.9. The molecule has 5 heteroatoms. The van der Waals surface area contributed by atoms with Crippen LogP contribution in [0.1, 0.15) is 22.3 Å². The molecule has 0 N–H and O–H groups in total. The van der Waals surface area contributed by atoms with Crippen LogP contribution in [-0.4, -0.2) is 20.2 Å². The zero-order valence-electron chi connectivity index (χ0n) is 31.2. The Bertz CT molecular complexity index is 3180. The highest BCUT2D eigenvalue weighted by Crippen LogP contribution is 2.63. The normalized spacial score (nSPS) is 13.0. The molecule has 0 amide bonds. The highest BCUT2D eigenvalue weighted by Gasteiger charge is 2.51. The number of rotatable bonds is 5. The average molecular weight is 741 g/mol. The minimum atomic E-state index is -0.543. The molecule has 1 spiro atoms. The molecule has 5 nitrogen and oxygen atoms in total. The SMILES string of the molecule is c1ccc(-c2nnc(-c3ccc(-c4ccc5c(c4)C4(c6ccccc6-c6ccccc64)c4cc(-c6nc7ccccc7nc6-c6ccccc6)ccc4-5)cc3)o2)cc1. The van der Waals surface area contributed by atoms with E-state index in [1.54, 1.807) is 0 Å². The largest absolute Gasteiger partial charge is 0.416 e. The van der Waals surface area contributed by atoms with E-state index in [-0.39, 0.29) is 0 Å². The van der Waals surface area contributed by atoms with Gasteiger partial charge < -0.3 is 4.42 Å². The maximum atomic E-state index is 6.09. The van der Waals surface area contributed by atoms with E-state index in [0.717, 1.165) is 55.8 Å². The van der Waals surface area contributed by atoms with Crippen LogP contribution in [-0.2, 0) is 5.41 Å². The topological polar surface area (TPSA) is 64.7 Å². The molecule has 12 rings (SSSR count). The summed E-state index contributed by atoms with van der Waals surface area (Å²) in [6.07, 6.45) is 0. The van der Waals surface area contributed by atoms with Crippen molar-refractivity contribution >= 4 is 11.0 Å². The molecule has 0 radical (unpaired) electrons. The summed E-state index contributed by atoms with van der Waals surface area (Å²) in [5.74, 6) is 1.00. The van der Waals surface area contributed by atoms with E-state index in [9.17, 15) is 0 Å². The second-order valence-electron chi connectivity index (χ2n) is 15.0. The Morgan fingerprint density at radius 3 is 1.33 bits per heavy atom. The van der Waals surface area contributed by atoms with Crippen LogP contribution in [0.25, 0.3) is 89.8 Å². The number of benzene rings is 8. The summed E-state index contributed by atoms with van der Waals surface area (Å²) in [6, 6.07) is 68.6. The Morgan fingerprint density at radius 2 is 0.724 bits per heavy atom. The van der Waals surface area contributed by atoms with E-state index >= 15 is 0 Å². The first-order valence-corrected chi connectivity index (χ1v) is 19.6. The summed E-state index contributed by atoms with van der Waals surface area (Å²) >= 11 is 0. The van der Waals surface area contributed by atoms with Gasteiger partial charge in [0.05, 0.1) is 27.8 Å². The van der Waals surface area contributed by atoms with Crippen molar-refractivity contribution in [3.05, 3.63) is 216 Å². The molecule has 2 heterocycles. The Labute approximate surface area is 335 Å². The van der Waals surface area contributed by atoms with Gasteiger partial charge in [-0.25, -0.2) is 9.97 Å². The number of aromatic nitrogens is 4. The van der Waals surface area contributed by atoms with Gasteiger partial charge in [-0.3, -0.25) is 0 Å². The molecule has 0 atom stereocenters. The number of para-hydroxylation sites is 2. The van der Waals surface area contributed by atoms with E-state index < -0.39 is 5.41 Å². The maximum absolute atomic E-state index is 6.09. The van der Waals surface area contributed by atoms with E-state index in [2.05, 4.69) is 144 Å². The van der Waals surface area contributed by atoms with Crippen LogP contribution in [0, 0.1) is 0 Å². The van der Waals surface area contributed by atoms with Crippen LogP contribution in [0.5, 0.6) is 0 Å². The van der Waals surface area contributed by atoms with Crippen molar-refractivity contribution in [2.24, 2.45) is 0 Å². The maximum Gasteiger partial charge on any atom is 0.248 e. The fourth-order valence-electron chi connectivity index (χ4n) is 9.31. The fourth-order valence-corrected chi connectivity index (χ4v) is 9.31. The zero-order valence-corrected chi connectivity index (χ0v) is 31.2. The highest BCUT2D eigenvalue weighted by atomic mass is 16.4. The van der Waals surface area contributed by atoms with Crippen LogP contribution in [0.15, 0.2) is 199 Å². The molecule has 2 aromatic heterocycles.